The molecule has 0 atom stereocenters. The van der Waals surface area contributed by atoms with Crippen LogP contribution in [0.15, 0.2) is 4.52 Å². The predicted molar refractivity (Wildman–Crippen MR) is 57.3 cm³/mol. The van der Waals surface area contributed by atoms with E-state index in [0.29, 0.717) is 17.9 Å². The summed E-state index contributed by atoms with van der Waals surface area (Å²) in [6.45, 7) is 5.94. The average molecular weight is 209 g/mol. The van der Waals surface area contributed by atoms with Crippen LogP contribution in [0.4, 0.5) is 0 Å². The Morgan fingerprint density at radius 1 is 1.40 bits per heavy atom. The second-order valence-electron chi connectivity index (χ2n) is 4.85. The van der Waals surface area contributed by atoms with Gasteiger partial charge in [-0.25, -0.2) is 0 Å². The van der Waals surface area contributed by atoms with Crippen LogP contribution in [0.5, 0.6) is 0 Å². The molecule has 1 N–H and O–H groups in total. The van der Waals surface area contributed by atoms with Gasteiger partial charge >= 0.3 is 0 Å². The molecule has 84 valence electrons. The molecule has 0 unspecified atom stereocenters. The van der Waals surface area contributed by atoms with Crippen molar-refractivity contribution in [2.45, 2.75) is 46.1 Å². The highest BCUT2D eigenvalue weighted by Crippen LogP contribution is 2.36. The molecule has 15 heavy (non-hydrogen) atoms. The molecule has 1 aromatic rings. The molecule has 1 aromatic heterocycles. The first-order chi connectivity index (χ1) is 7.18. The maximum Gasteiger partial charge on any atom is 0.223 e. The van der Waals surface area contributed by atoms with Crippen molar-refractivity contribution in [1.29, 1.82) is 0 Å². The van der Waals surface area contributed by atoms with Crippen LogP contribution in [0.25, 0.3) is 0 Å². The molecule has 2 rings (SSSR count). The molecule has 1 aliphatic carbocycles. The molecular weight excluding hydrogens is 190 g/mol. The lowest BCUT2D eigenvalue weighted by atomic mass is 9.89. The van der Waals surface area contributed by atoms with Gasteiger partial charge in [0.2, 0.25) is 5.89 Å². The zero-order valence-electron chi connectivity index (χ0n) is 9.55. The molecule has 4 nitrogen and oxygen atoms in total. The van der Waals surface area contributed by atoms with Crippen LogP contribution in [0.1, 0.15) is 44.3 Å². The molecule has 1 fully saturated rings. The quantitative estimate of drug-likeness (QED) is 0.824. The standard InChI is InChI=1S/C11H19N3O/c1-9-13-10(14-15-9)7-12-8-11(2)5-3-4-6-11/h12H,3-8H2,1-2H3. The Morgan fingerprint density at radius 3 is 2.73 bits per heavy atom. The lowest BCUT2D eigenvalue weighted by Crippen LogP contribution is -2.29. The minimum atomic E-state index is 0.485. The molecule has 0 bridgehead atoms. The number of hydrogen-bond donors (Lipinski definition) is 1. The maximum absolute atomic E-state index is 4.91. The van der Waals surface area contributed by atoms with Gasteiger partial charge in [-0.05, 0) is 18.3 Å². The van der Waals surface area contributed by atoms with E-state index < -0.39 is 0 Å². The van der Waals surface area contributed by atoms with Crippen LogP contribution in [0.2, 0.25) is 0 Å². The number of nitrogens with zero attached hydrogens (tertiary/aromatic N) is 2. The third-order valence-electron chi connectivity index (χ3n) is 3.22. The summed E-state index contributed by atoms with van der Waals surface area (Å²) in [5, 5.41) is 7.27. The summed E-state index contributed by atoms with van der Waals surface area (Å²) < 4.78 is 4.91. The SMILES string of the molecule is Cc1nc(CNCC2(C)CCCC2)no1. The van der Waals surface area contributed by atoms with Gasteiger partial charge in [-0.15, -0.1) is 0 Å². The Kier molecular flexibility index (Phi) is 3.05. The van der Waals surface area contributed by atoms with E-state index in [-0.39, 0.29) is 0 Å². The molecule has 1 heterocycles. The van der Waals surface area contributed by atoms with Crippen molar-refractivity contribution < 1.29 is 4.52 Å². The Labute approximate surface area is 90.4 Å². The minimum absolute atomic E-state index is 0.485. The van der Waals surface area contributed by atoms with Gasteiger partial charge in [0.1, 0.15) is 0 Å². The van der Waals surface area contributed by atoms with E-state index in [4.69, 9.17) is 4.52 Å². The van der Waals surface area contributed by atoms with Crippen molar-refractivity contribution in [3.63, 3.8) is 0 Å². The summed E-state index contributed by atoms with van der Waals surface area (Å²) in [7, 11) is 0. The van der Waals surface area contributed by atoms with Crippen molar-refractivity contribution >= 4 is 0 Å². The van der Waals surface area contributed by atoms with Gasteiger partial charge in [0.05, 0.1) is 6.54 Å². The topological polar surface area (TPSA) is 51.0 Å². The van der Waals surface area contributed by atoms with Crippen molar-refractivity contribution in [1.82, 2.24) is 15.5 Å². The van der Waals surface area contributed by atoms with Crippen molar-refractivity contribution in [2.24, 2.45) is 5.41 Å². The smallest absolute Gasteiger partial charge is 0.223 e. The first-order valence-corrected chi connectivity index (χ1v) is 5.68. The van der Waals surface area contributed by atoms with E-state index in [1.54, 1.807) is 0 Å². The van der Waals surface area contributed by atoms with E-state index in [1.165, 1.54) is 25.7 Å². The molecule has 1 aliphatic rings. The molecule has 4 heteroatoms. The van der Waals surface area contributed by atoms with E-state index >= 15 is 0 Å². The van der Waals surface area contributed by atoms with Crippen molar-refractivity contribution in [3.05, 3.63) is 11.7 Å². The summed E-state index contributed by atoms with van der Waals surface area (Å²) in [5.41, 5.74) is 0.485. The number of aryl methyl sites for hydroxylation is 1. The van der Waals surface area contributed by atoms with Gasteiger partial charge in [0.15, 0.2) is 5.82 Å². The van der Waals surface area contributed by atoms with Crippen LogP contribution in [0.3, 0.4) is 0 Å². The number of nitrogens with one attached hydrogen (secondary N) is 1. The molecular formula is C11H19N3O. The first kappa shape index (κ1) is 10.6. The maximum atomic E-state index is 4.91. The van der Waals surface area contributed by atoms with Gasteiger partial charge in [-0.2, -0.15) is 4.98 Å². The summed E-state index contributed by atoms with van der Waals surface area (Å²) >= 11 is 0. The first-order valence-electron chi connectivity index (χ1n) is 5.68. The second-order valence-corrected chi connectivity index (χ2v) is 4.85. The summed E-state index contributed by atoms with van der Waals surface area (Å²) in [6.07, 6.45) is 5.43. The molecule has 0 spiro atoms. The predicted octanol–water partition coefficient (Wildman–Crippen LogP) is 2.05. The summed E-state index contributed by atoms with van der Waals surface area (Å²) in [4.78, 5) is 4.16. The fourth-order valence-electron chi connectivity index (χ4n) is 2.29. The Morgan fingerprint density at radius 2 is 2.13 bits per heavy atom. The van der Waals surface area contributed by atoms with E-state index in [2.05, 4.69) is 22.4 Å². The molecule has 0 amide bonds. The zero-order chi connectivity index (χ0) is 10.7. The zero-order valence-corrected chi connectivity index (χ0v) is 9.55. The number of rotatable bonds is 4. The normalized spacial score (nSPS) is 19.6. The van der Waals surface area contributed by atoms with Gasteiger partial charge in [0, 0.05) is 13.5 Å². The van der Waals surface area contributed by atoms with E-state index in [9.17, 15) is 0 Å². The number of hydrogen-bond acceptors (Lipinski definition) is 4. The molecule has 0 saturated heterocycles. The summed E-state index contributed by atoms with van der Waals surface area (Å²) in [6, 6.07) is 0. The highest BCUT2D eigenvalue weighted by Gasteiger charge is 2.27. The Bertz CT molecular complexity index is 315. The van der Waals surface area contributed by atoms with Crippen LogP contribution in [-0.4, -0.2) is 16.7 Å². The van der Waals surface area contributed by atoms with Crippen LogP contribution in [-0.2, 0) is 6.54 Å². The van der Waals surface area contributed by atoms with Crippen LogP contribution < -0.4 is 5.32 Å². The second kappa shape index (κ2) is 4.31. The molecule has 0 radical (unpaired) electrons. The average Bonchev–Trinajstić information content (AvgIpc) is 2.76. The summed E-state index contributed by atoms with van der Waals surface area (Å²) in [5.74, 6) is 1.40. The van der Waals surface area contributed by atoms with Crippen LogP contribution in [0, 0.1) is 12.3 Å². The largest absolute Gasteiger partial charge is 0.340 e. The van der Waals surface area contributed by atoms with Gasteiger partial charge in [-0.1, -0.05) is 24.9 Å². The lowest BCUT2D eigenvalue weighted by Gasteiger charge is -2.23. The monoisotopic (exact) mass is 209 g/mol. The third-order valence-corrected chi connectivity index (χ3v) is 3.22. The van der Waals surface area contributed by atoms with Gasteiger partial charge in [-0.3, -0.25) is 0 Å². The van der Waals surface area contributed by atoms with Crippen molar-refractivity contribution in [2.75, 3.05) is 6.54 Å². The Balaban J connectivity index is 1.75. The van der Waals surface area contributed by atoms with Crippen LogP contribution >= 0.6 is 0 Å². The number of aromatic nitrogens is 2. The molecule has 1 saturated carbocycles. The fourth-order valence-corrected chi connectivity index (χ4v) is 2.29. The van der Waals surface area contributed by atoms with E-state index in [1.807, 2.05) is 6.92 Å². The molecule has 0 aromatic carbocycles. The Hall–Kier alpha value is -0.900. The van der Waals surface area contributed by atoms with Crippen molar-refractivity contribution in [3.8, 4) is 0 Å². The van der Waals surface area contributed by atoms with Gasteiger partial charge < -0.3 is 9.84 Å². The fraction of sp³-hybridized carbons (Fsp3) is 0.818. The highest BCUT2D eigenvalue weighted by molar-refractivity contribution is 4.86. The van der Waals surface area contributed by atoms with E-state index in [0.717, 1.165) is 12.4 Å². The minimum Gasteiger partial charge on any atom is -0.340 e. The third kappa shape index (κ3) is 2.78. The molecule has 0 aliphatic heterocycles. The lowest BCUT2D eigenvalue weighted by molar-refractivity contribution is 0.311. The highest BCUT2D eigenvalue weighted by atomic mass is 16.5. The van der Waals surface area contributed by atoms with Gasteiger partial charge in [0.25, 0.3) is 0 Å².